The number of piperazine rings is 1. The summed E-state index contributed by atoms with van der Waals surface area (Å²) >= 11 is 0. The van der Waals surface area contributed by atoms with Crippen molar-refractivity contribution in [3.8, 4) is 0 Å². The summed E-state index contributed by atoms with van der Waals surface area (Å²) in [6.45, 7) is 8.93. The van der Waals surface area contributed by atoms with Crippen LogP contribution in [0.25, 0.3) is 10.9 Å². The SMILES string of the molecule is C=CCNC(=O)CN1CCN(C(=O)c2cc3ccccc3nc2N2CCCC2)CC1. The maximum atomic E-state index is 13.4. The molecule has 2 aromatic rings. The molecule has 7 heteroatoms. The number of pyridine rings is 1. The molecule has 1 aromatic heterocycles. The average Bonchev–Trinajstić information content (AvgIpc) is 3.31. The molecule has 3 heterocycles. The Hall–Kier alpha value is -2.93. The molecule has 0 atom stereocenters. The molecule has 2 amide bonds. The monoisotopic (exact) mass is 407 g/mol. The molecule has 1 N–H and O–H groups in total. The van der Waals surface area contributed by atoms with Gasteiger partial charge in [-0.1, -0.05) is 24.3 Å². The van der Waals surface area contributed by atoms with Crippen molar-refractivity contribution in [1.82, 2.24) is 20.1 Å². The summed E-state index contributed by atoms with van der Waals surface area (Å²) in [7, 11) is 0. The molecular formula is C23H29N5O2. The van der Waals surface area contributed by atoms with Gasteiger partial charge in [0.1, 0.15) is 5.82 Å². The van der Waals surface area contributed by atoms with Crippen LogP contribution in [0.2, 0.25) is 0 Å². The second kappa shape index (κ2) is 9.26. The second-order valence-corrected chi connectivity index (χ2v) is 7.91. The summed E-state index contributed by atoms with van der Waals surface area (Å²) in [4.78, 5) is 36.4. The van der Waals surface area contributed by atoms with E-state index in [4.69, 9.17) is 4.98 Å². The third kappa shape index (κ3) is 4.46. The van der Waals surface area contributed by atoms with Crippen LogP contribution in [0.4, 0.5) is 5.82 Å². The van der Waals surface area contributed by atoms with Gasteiger partial charge in [0.2, 0.25) is 5.91 Å². The summed E-state index contributed by atoms with van der Waals surface area (Å²) in [6.07, 6.45) is 3.94. The van der Waals surface area contributed by atoms with Crippen molar-refractivity contribution in [3.63, 3.8) is 0 Å². The largest absolute Gasteiger partial charge is 0.356 e. The molecule has 4 rings (SSSR count). The number of para-hydroxylation sites is 1. The molecule has 0 bridgehead atoms. The van der Waals surface area contributed by atoms with Crippen LogP contribution in [-0.4, -0.2) is 79.0 Å². The molecule has 0 spiro atoms. The Morgan fingerprint density at radius 1 is 1.07 bits per heavy atom. The lowest BCUT2D eigenvalue weighted by atomic mass is 10.1. The van der Waals surface area contributed by atoms with Gasteiger partial charge < -0.3 is 15.1 Å². The molecule has 2 aliphatic heterocycles. The van der Waals surface area contributed by atoms with Gasteiger partial charge in [0.25, 0.3) is 5.91 Å². The fourth-order valence-electron chi connectivity index (χ4n) is 4.16. The van der Waals surface area contributed by atoms with Gasteiger partial charge in [-0.3, -0.25) is 14.5 Å². The highest BCUT2D eigenvalue weighted by Gasteiger charge is 2.28. The van der Waals surface area contributed by atoms with Crippen LogP contribution in [0.1, 0.15) is 23.2 Å². The van der Waals surface area contributed by atoms with Gasteiger partial charge in [-0.15, -0.1) is 6.58 Å². The molecule has 0 radical (unpaired) electrons. The zero-order valence-corrected chi connectivity index (χ0v) is 17.3. The minimum atomic E-state index is -0.00951. The Balaban J connectivity index is 1.48. The fraction of sp³-hybridized carbons (Fsp3) is 0.435. The molecule has 2 saturated heterocycles. The standard InChI is InChI=1S/C23H29N5O2/c1-2-9-24-21(29)17-26-12-14-28(15-13-26)23(30)19-16-18-7-3-4-8-20(18)25-22(19)27-10-5-6-11-27/h2-4,7-8,16H,1,5-6,9-15,17H2,(H,24,29). The molecule has 0 saturated carbocycles. The fourth-order valence-corrected chi connectivity index (χ4v) is 4.16. The van der Waals surface area contributed by atoms with Crippen molar-refractivity contribution >= 4 is 28.5 Å². The normalized spacial score (nSPS) is 17.3. The Morgan fingerprint density at radius 3 is 2.53 bits per heavy atom. The van der Waals surface area contributed by atoms with E-state index in [0.29, 0.717) is 44.8 Å². The highest BCUT2D eigenvalue weighted by Crippen LogP contribution is 2.28. The van der Waals surface area contributed by atoms with Gasteiger partial charge in [-0.25, -0.2) is 4.98 Å². The van der Waals surface area contributed by atoms with Crippen molar-refractivity contribution in [2.75, 3.05) is 57.3 Å². The van der Waals surface area contributed by atoms with Gasteiger partial charge in [0.15, 0.2) is 0 Å². The Bertz CT molecular complexity index is 930. The number of fused-ring (bicyclic) bond motifs is 1. The summed E-state index contributed by atoms with van der Waals surface area (Å²) in [5, 5.41) is 3.79. The number of aromatic nitrogens is 1. The molecule has 0 unspecified atom stereocenters. The van der Waals surface area contributed by atoms with Gasteiger partial charge in [-0.2, -0.15) is 0 Å². The lowest BCUT2D eigenvalue weighted by Crippen LogP contribution is -2.51. The Labute approximate surface area is 177 Å². The first kappa shape index (κ1) is 20.3. The number of nitrogens with one attached hydrogen (secondary N) is 1. The predicted octanol–water partition coefficient (Wildman–Crippen LogP) is 1.90. The van der Waals surface area contributed by atoms with Crippen LogP contribution >= 0.6 is 0 Å². The van der Waals surface area contributed by atoms with Crippen LogP contribution in [0.3, 0.4) is 0 Å². The van der Waals surface area contributed by atoms with E-state index in [0.717, 1.165) is 42.7 Å². The third-order valence-corrected chi connectivity index (χ3v) is 5.81. The number of carbonyl (C=O) groups excluding carboxylic acids is 2. The Kier molecular flexibility index (Phi) is 6.28. The third-order valence-electron chi connectivity index (χ3n) is 5.81. The van der Waals surface area contributed by atoms with E-state index < -0.39 is 0 Å². The van der Waals surface area contributed by atoms with Gasteiger partial charge in [0, 0.05) is 51.2 Å². The minimum Gasteiger partial charge on any atom is -0.356 e. The summed E-state index contributed by atoms with van der Waals surface area (Å²) in [5.41, 5.74) is 1.61. The van der Waals surface area contributed by atoms with E-state index in [9.17, 15) is 9.59 Å². The number of rotatable bonds is 6. The maximum Gasteiger partial charge on any atom is 0.257 e. The number of amides is 2. The molecule has 7 nitrogen and oxygen atoms in total. The zero-order valence-electron chi connectivity index (χ0n) is 17.3. The van der Waals surface area contributed by atoms with E-state index in [1.807, 2.05) is 35.2 Å². The summed E-state index contributed by atoms with van der Waals surface area (Å²) < 4.78 is 0. The number of hydrogen-bond donors (Lipinski definition) is 1. The topological polar surface area (TPSA) is 68.8 Å². The lowest BCUT2D eigenvalue weighted by molar-refractivity contribution is -0.122. The molecule has 30 heavy (non-hydrogen) atoms. The highest BCUT2D eigenvalue weighted by molar-refractivity contribution is 6.02. The Morgan fingerprint density at radius 2 is 1.80 bits per heavy atom. The van der Waals surface area contributed by atoms with Crippen molar-refractivity contribution in [2.24, 2.45) is 0 Å². The van der Waals surface area contributed by atoms with Crippen LogP contribution < -0.4 is 10.2 Å². The number of carbonyl (C=O) groups is 2. The number of benzene rings is 1. The van der Waals surface area contributed by atoms with Crippen molar-refractivity contribution in [3.05, 3.63) is 48.6 Å². The first-order valence-corrected chi connectivity index (χ1v) is 10.7. The van der Waals surface area contributed by atoms with Crippen molar-refractivity contribution < 1.29 is 9.59 Å². The quantitative estimate of drug-likeness (QED) is 0.741. The number of anilines is 1. The first-order chi connectivity index (χ1) is 14.7. The predicted molar refractivity (Wildman–Crippen MR) is 119 cm³/mol. The van der Waals surface area contributed by atoms with E-state index in [1.165, 1.54) is 0 Å². The van der Waals surface area contributed by atoms with Crippen molar-refractivity contribution in [2.45, 2.75) is 12.8 Å². The van der Waals surface area contributed by atoms with Crippen molar-refractivity contribution in [1.29, 1.82) is 0 Å². The molecular weight excluding hydrogens is 378 g/mol. The van der Waals surface area contributed by atoms with Crippen LogP contribution in [0.15, 0.2) is 43.0 Å². The summed E-state index contributed by atoms with van der Waals surface area (Å²) in [5.74, 6) is 0.832. The zero-order chi connectivity index (χ0) is 20.9. The lowest BCUT2D eigenvalue weighted by Gasteiger charge is -2.35. The van der Waals surface area contributed by atoms with Crippen LogP contribution in [0.5, 0.6) is 0 Å². The van der Waals surface area contributed by atoms with E-state index in [-0.39, 0.29) is 11.8 Å². The van der Waals surface area contributed by atoms with Crippen LogP contribution in [0, 0.1) is 0 Å². The highest BCUT2D eigenvalue weighted by atomic mass is 16.2. The molecule has 158 valence electrons. The van der Waals surface area contributed by atoms with E-state index in [2.05, 4.69) is 21.7 Å². The molecule has 2 aliphatic rings. The van der Waals surface area contributed by atoms with Gasteiger partial charge in [0.05, 0.1) is 17.6 Å². The maximum absolute atomic E-state index is 13.4. The summed E-state index contributed by atoms with van der Waals surface area (Å²) in [6, 6.07) is 9.96. The van der Waals surface area contributed by atoms with Gasteiger partial charge in [-0.05, 0) is 25.0 Å². The van der Waals surface area contributed by atoms with Gasteiger partial charge >= 0.3 is 0 Å². The van der Waals surface area contributed by atoms with E-state index in [1.54, 1.807) is 6.08 Å². The number of nitrogens with zero attached hydrogens (tertiary/aromatic N) is 4. The molecule has 0 aliphatic carbocycles. The smallest absolute Gasteiger partial charge is 0.257 e. The first-order valence-electron chi connectivity index (χ1n) is 10.7. The second-order valence-electron chi connectivity index (χ2n) is 7.91. The van der Waals surface area contributed by atoms with Crippen LogP contribution in [-0.2, 0) is 4.79 Å². The minimum absolute atomic E-state index is 0.00951. The molecule has 1 aromatic carbocycles. The number of hydrogen-bond acceptors (Lipinski definition) is 5. The van der Waals surface area contributed by atoms with E-state index >= 15 is 0 Å². The molecule has 2 fully saturated rings. The average molecular weight is 408 g/mol.